The Morgan fingerprint density at radius 2 is 2.08 bits per heavy atom. The molecule has 1 aromatic carbocycles. The molecule has 0 aliphatic carbocycles. The van der Waals surface area contributed by atoms with E-state index in [-0.39, 0.29) is 6.61 Å². The summed E-state index contributed by atoms with van der Waals surface area (Å²) >= 11 is 0. The Morgan fingerprint density at radius 1 is 1.19 bits per heavy atom. The number of rotatable bonds is 10. The third-order valence-electron chi connectivity index (χ3n) is 6.93. The topological polar surface area (TPSA) is 92.6 Å². The second-order valence-corrected chi connectivity index (χ2v) is 9.69. The summed E-state index contributed by atoms with van der Waals surface area (Å²) < 4.78 is 11.5. The van der Waals surface area contributed by atoms with E-state index in [9.17, 15) is 5.11 Å². The lowest BCUT2D eigenvalue weighted by Crippen LogP contribution is -2.37. The maximum absolute atomic E-state index is 10.0. The molecule has 8 nitrogen and oxygen atoms in total. The fourth-order valence-corrected chi connectivity index (χ4v) is 4.69. The van der Waals surface area contributed by atoms with Crippen LogP contribution in [0.5, 0.6) is 5.75 Å². The quantitative estimate of drug-likeness (QED) is 0.448. The van der Waals surface area contributed by atoms with Crippen LogP contribution in [-0.2, 0) is 11.2 Å². The van der Waals surface area contributed by atoms with Gasteiger partial charge in [-0.05, 0) is 69.0 Å². The number of anilines is 1. The zero-order valence-corrected chi connectivity index (χ0v) is 21.1. The highest BCUT2D eigenvalue weighted by Crippen LogP contribution is 2.32. The van der Waals surface area contributed by atoms with Crippen molar-refractivity contribution in [1.82, 2.24) is 20.3 Å². The van der Waals surface area contributed by atoms with Crippen molar-refractivity contribution in [2.24, 2.45) is 5.92 Å². The minimum atomic E-state index is -0.576. The highest BCUT2D eigenvalue weighted by Gasteiger charge is 2.22. The van der Waals surface area contributed by atoms with Crippen LogP contribution in [0.2, 0.25) is 0 Å². The molecule has 2 aliphatic rings. The van der Waals surface area contributed by atoms with Crippen molar-refractivity contribution >= 4 is 5.82 Å². The van der Waals surface area contributed by atoms with Gasteiger partial charge in [0.15, 0.2) is 5.82 Å². The van der Waals surface area contributed by atoms with E-state index in [2.05, 4.69) is 28.2 Å². The average Bonchev–Trinajstić information content (AvgIpc) is 3.37. The number of aromatic nitrogens is 3. The van der Waals surface area contributed by atoms with Gasteiger partial charge in [-0.3, -0.25) is 0 Å². The Bertz CT molecular complexity index is 1180. The lowest BCUT2D eigenvalue weighted by molar-refractivity contribution is 0.108. The minimum Gasteiger partial charge on any atom is -0.491 e. The molecule has 2 aliphatic heterocycles. The number of pyridine rings is 1. The maximum atomic E-state index is 10.0. The number of aliphatic hydroxyl groups excluding tert-OH is 1. The van der Waals surface area contributed by atoms with Crippen molar-refractivity contribution < 1.29 is 14.6 Å². The lowest BCUT2D eigenvalue weighted by Gasteiger charge is -2.32. The summed E-state index contributed by atoms with van der Waals surface area (Å²) in [7, 11) is 1.81. The third kappa shape index (κ3) is 5.67. The van der Waals surface area contributed by atoms with Gasteiger partial charge < -0.3 is 24.8 Å². The van der Waals surface area contributed by atoms with Crippen LogP contribution < -0.4 is 15.0 Å². The van der Waals surface area contributed by atoms with Gasteiger partial charge in [0, 0.05) is 55.9 Å². The van der Waals surface area contributed by atoms with Gasteiger partial charge in [0.05, 0.1) is 5.69 Å². The van der Waals surface area contributed by atoms with Gasteiger partial charge in [-0.2, -0.15) is 0 Å². The van der Waals surface area contributed by atoms with Crippen LogP contribution in [0.3, 0.4) is 0 Å². The predicted molar refractivity (Wildman–Crippen MR) is 140 cm³/mol. The van der Waals surface area contributed by atoms with Crippen molar-refractivity contribution in [3.8, 4) is 28.4 Å². The number of aliphatic hydroxyl groups is 1. The fourth-order valence-electron chi connectivity index (χ4n) is 4.69. The Balaban J connectivity index is 1.50. The molecule has 0 amide bonds. The lowest BCUT2D eigenvalue weighted by atomic mass is 9.97. The van der Waals surface area contributed by atoms with Gasteiger partial charge in [-0.25, -0.2) is 15.0 Å². The molecule has 0 saturated carbocycles. The largest absolute Gasteiger partial charge is 0.491 e. The number of ether oxygens (including phenoxy) is 2. The van der Waals surface area contributed by atoms with Gasteiger partial charge in [0.2, 0.25) is 0 Å². The molecule has 2 saturated heterocycles. The van der Waals surface area contributed by atoms with Crippen molar-refractivity contribution in [3.05, 3.63) is 53.9 Å². The molecule has 36 heavy (non-hydrogen) atoms. The second kappa shape index (κ2) is 11.3. The maximum Gasteiger partial charge on any atom is 0.160 e. The second-order valence-electron chi connectivity index (χ2n) is 9.69. The first-order valence-corrected chi connectivity index (χ1v) is 12.8. The Morgan fingerprint density at radius 3 is 2.83 bits per heavy atom. The fraction of sp³-hybridized carbons (Fsp3) is 0.464. The molecule has 1 unspecified atom stereocenters. The average molecular weight is 490 g/mol. The molecule has 4 heterocycles. The molecule has 5 rings (SSSR count). The summed E-state index contributed by atoms with van der Waals surface area (Å²) in [6.45, 7) is 6.51. The van der Waals surface area contributed by atoms with Crippen LogP contribution in [-0.4, -0.2) is 72.7 Å². The van der Waals surface area contributed by atoms with E-state index in [1.807, 2.05) is 36.5 Å². The molecule has 2 aromatic heterocycles. The van der Waals surface area contributed by atoms with Crippen molar-refractivity contribution in [3.63, 3.8) is 0 Å². The summed E-state index contributed by atoms with van der Waals surface area (Å²) in [5, 5.41) is 13.0. The van der Waals surface area contributed by atoms with Crippen LogP contribution in [0.15, 0.2) is 42.6 Å². The SMILES string of the molecule is CNCC(O)COc1cccc(-c2nc(C[C@@H]3CCOC3)c(C)c(-c3ccnc(N4CCC4)c3)n2)c1. The smallest absolute Gasteiger partial charge is 0.160 e. The molecule has 3 aromatic rings. The van der Waals surface area contributed by atoms with Crippen LogP contribution in [0, 0.1) is 12.8 Å². The molecule has 0 radical (unpaired) electrons. The van der Waals surface area contributed by atoms with Crippen molar-refractivity contribution in [2.45, 2.75) is 32.3 Å². The highest BCUT2D eigenvalue weighted by molar-refractivity contribution is 5.70. The highest BCUT2D eigenvalue weighted by atomic mass is 16.5. The molecule has 190 valence electrons. The molecular weight excluding hydrogens is 454 g/mol. The summed E-state index contributed by atoms with van der Waals surface area (Å²) in [5.74, 6) is 2.83. The number of hydrogen-bond acceptors (Lipinski definition) is 8. The third-order valence-corrected chi connectivity index (χ3v) is 6.93. The van der Waals surface area contributed by atoms with Gasteiger partial charge in [-0.15, -0.1) is 0 Å². The Hall–Kier alpha value is -3.07. The van der Waals surface area contributed by atoms with E-state index in [4.69, 9.17) is 19.4 Å². The Kier molecular flexibility index (Phi) is 7.75. The van der Waals surface area contributed by atoms with E-state index in [1.54, 1.807) is 7.05 Å². The van der Waals surface area contributed by atoms with Crippen LogP contribution in [0.1, 0.15) is 24.1 Å². The molecule has 2 fully saturated rings. The summed E-state index contributed by atoms with van der Waals surface area (Å²) in [6.07, 6.45) is 4.43. The number of likely N-dealkylation sites (N-methyl/N-ethyl adjacent to an activating group) is 1. The molecule has 2 atom stereocenters. The van der Waals surface area contributed by atoms with E-state index >= 15 is 0 Å². The summed E-state index contributed by atoms with van der Waals surface area (Å²) in [6, 6.07) is 12.0. The van der Waals surface area contributed by atoms with Crippen molar-refractivity contribution in [1.29, 1.82) is 0 Å². The normalized spacial score (nSPS) is 18.2. The number of benzene rings is 1. The van der Waals surface area contributed by atoms with E-state index in [0.717, 1.165) is 73.0 Å². The zero-order chi connectivity index (χ0) is 24.9. The molecular formula is C28H35N5O3. The first-order chi connectivity index (χ1) is 17.6. The van der Waals surface area contributed by atoms with Crippen molar-refractivity contribution in [2.75, 3.05) is 51.4 Å². The summed E-state index contributed by atoms with van der Waals surface area (Å²) in [4.78, 5) is 17.0. The first kappa shape index (κ1) is 24.6. The van der Waals surface area contributed by atoms with Crippen LogP contribution >= 0.6 is 0 Å². The van der Waals surface area contributed by atoms with Gasteiger partial charge in [-0.1, -0.05) is 12.1 Å². The van der Waals surface area contributed by atoms with Crippen LogP contribution in [0.4, 0.5) is 5.82 Å². The van der Waals surface area contributed by atoms with Gasteiger partial charge in [0.1, 0.15) is 24.3 Å². The van der Waals surface area contributed by atoms with Gasteiger partial charge >= 0.3 is 0 Å². The molecule has 8 heteroatoms. The number of nitrogens with zero attached hydrogens (tertiary/aromatic N) is 4. The number of hydrogen-bond donors (Lipinski definition) is 2. The standard InChI is InChI=1S/C28H35N5O3/c1-19-25(13-20-8-12-35-17-20)31-28(22-5-3-6-24(14-22)36-18-23(34)16-29-2)32-27(19)21-7-9-30-26(15-21)33-10-4-11-33/h3,5-7,9,14-15,20,23,29,34H,4,8,10-13,16-18H2,1-2H3/t20-,23?/m0/s1. The van der Waals surface area contributed by atoms with E-state index < -0.39 is 6.10 Å². The first-order valence-electron chi connectivity index (χ1n) is 12.8. The zero-order valence-electron chi connectivity index (χ0n) is 21.1. The molecule has 0 spiro atoms. The number of nitrogens with one attached hydrogen (secondary N) is 1. The minimum absolute atomic E-state index is 0.216. The van der Waals surface area contributed by atoms with E-state index in [1.165, 1.54) is 6.42 Å². The van der Waals surface area contributed by atoms with Gasteiger partial charge in [0.25, 0.3) is 0 Å². The van der Waals surface area contributed by atoms with Crippen LogP contribution in [0.25, 0.3) is 22.6 Å². The molecule has 2 N–H and O–H groups in total. The monoisotopic (exact) mass is 489 g/mol. The summed E-state index contributed by atoms with van der Waals surface area (Å²) in [5.41, 5.74) is 5.05. The predicted octanol–water partition coefficient (Wildman–Crippen LogP) is 3.26. The van der Waals surface area contributed by atoms with E-state index in [0.29, 0.717) is 24.0 Å². The molecule has 0 bridgehead atoms. The Labute approximate surface area is 212 Å².